The monoisotopic (exact) mass is 368 g/mol. The molecule has 2 heterocycles. The lowest BCUT2D eigenvalue weighted by Crippen LogP contribution is -2.16. The fraction of sp³-hybridized carbons (Fsp3) is 0.167. The average Bonchev–Trinajstić information content (AvgIpc) is 3.05. The molecule has 2 nitrogen and oxygen atoms in total. The van der Waals surface area contributed by atoms with Crippen LogP contribution in [-0.4, -0.2) is 9.97 Å². The van der Waals surface area contributed by atoms with Gasteiger partial charge in [-0.05, 0) is 16.8 Å². The van der Waals surface area contributed by atoms with Crippen molar-refractivity contribution in [2.75, 3.05) is 0 Å². The van der Waals surface area contributed by atoms with E-state index >= 15 is 0 Å². The molecule has 132 valence electrons. The minimum absolute atomic E-state index is 0.115. The predicted octanol–water partition coefficient (Wildman–Crippen LogP) is 6.96. The number of aromatic nitrogens is 2. The molecule has 5 aromatic rings. The van der Waals surface area contributed by atoms with Gasteiger partial charge in [-0.1, -0.05) is 81.4 Å². The molecule has 0 saturated carbocycles. The lowest BCUT2D eigenvalue weighted by Gasteiger charge is -2.18. The molecule has 2 aromatic heterocycles. The van der Waals surface area contributed by atoms with Gasteiger partial charge < -0.3 is 0 Å². The van der Waals surface area contributed by atoms with E-state index < -0.39 is 0 Å². The summed E-state index contributed by atoms with van der Waals surface area (Å²) in [4.78, 5) is 10.1. The minimum atomic E-state index is -0.115. The zero-order valence-electron chi connectivity index (χ0n) is 15.7. The molecule has 3 heteroatoms. The van der Waals surface area contributed by atoms with Crippen LogP contribution in [0.25, 0.3) is 42.3 Å². The molecule has 0 atom stereocenters. The molecule has 0 amide bonds. The van der Waals surface area contributed by atoms with Gasteiger partial charge >= 0.3 is 0 Å². The largest absolute Gasteiger partial charge is 0.231 e. The van der Waals surface area contributed by atoms with Crippen molar-refractivity contribution < 1.29 is 0 Å². The molecule has 0 radical (unpaired) electrons. The van der Waals surface area contributed by atoms with Crippen molar-refractivity contribution in [1.82, 2.24) is 9.97 Å². The number of fused-ring (bicyclic) bond motifs is 4. The number of hydrogen-bond acceptors (Lipinski definition) is 3. The van der Waals surface area contributed by atoms with Crippen LogP contribution < -0.4 is 0 Å². The van der Waals surface area contributed by atoms with Gasteiger partial charge in [-0.3, -0.25) is 0 Å². The highest BCUT2D eigenvalue weighted by Gasteiger charge is 2.23. The normalized spacial score (nSPS) is 12.3. The van der Waals surface area contributed by atoms with Gasteiger partial charge in [0.2, 0.25) is 0 Å². The van der Waals surface area contributed by atoms with Gasteiger partial charge in [0, 0.05) is 21.1 Å². The Bertz CT molecular complexity index is 1300. The maximum Gasteiger partial charge on any atom is 0.135 e. The van der Waals surface area contributed by atoms with Crippen LogP contribution in [0.4, 0.5) is 0 Å². The van der Waals surface area contributed by atoms with Crippen molar-refractivity contribution >= 4 is 42.4 Å². The molecule has 0 aliphatic rings. The minimum Gasteiger partial charge on any atom is -0.231 e. The molecule has 0 spiro atoms. The molecule has 27 heavy (non-hydrogen) atoms. The Balaban J connectivity index is 1.96. The Morgan fingerprint density at radius 2 is 1.44 bits per heavy atom. The Morgan fingerprint density at radius 1 is 0.741 bits per heavy atom. The zero-order valence-corrected chi connectivity index (χ0v) is 16.5. The number of hydrogen-bond donors (Lipinski definition) is 0. The second-order valence-corrected chi connectivity index (χ2v) is 9.00. The first-order valence-corrected chi connectivity index (χ1v) is 10.0. The lowest BCUT2D eigenvalue weighted by atomic mass is 9.94. The molecular formula is C24H20N2S. The second-order valence-electron chi connectivity index (χ2n) is 7.95. The van der Waals surface area contributed by atoms with Crippen LogP contribution >= 0.6 is 11.3 Å². The lowest BCUT2D eigenvalue weighted by molar-refractivity contribution is 0.549. The molecule has 0 saturated heterocycles. The van der Waals surface area contributed by atoms with Crippen LogP contribution in [-0.2, 0) is 5.41 Å². The molecule has 0 unspecified atom stereocenters. The van der Waals surface area contributed by atoms with Crippen molar-refractivity contribution in [3.63, 3.8) is 0 Å². The van der Waals surface area contributed by atoms with E-state index in [1.54, 1.807) is 11.3 Å². The highest BCUT2D eigenvalue weighted by molar-refractivity contribution is 7.26. The van der Waals surface area contributed by atoms with E-state index in [-0.39, 0.29) is 5.41 Å². The summed E-state index contributed by atoms with van der Waals surface area (Å²) in [6, 6.07) is 23.5. The summed E-state index contributed by atoms with van der Waals surface area (Å²) in [5.74, 6) is 0.890. The van der Waals surface area contributed by atoms with E-state index in [4.69, 9.17) is 9.97 Å². The Kier molecular flexibility index (Phi) is 3.56. The summed E-state index contributed by atoms with van der Waals surface area (Å²) < 4.78 is 2.43. The third-order valence-corrected chi connectivity index (χ3v) is 6.10. The number of rotatable bonds is 1. The van der Waals surface area contributed by atoms with E-state index in [9.17, 15) is 0 Å². The van der Waals surface area contributed by atoms with Crippen molar-refractivity contribution in [2.45, 2.75) is 26.2 Å². The topological polar surface area (TPSA) is 25.8 Å². The smallest absolute Gasteiger partial charge is 0.135 e. The van der Waals surface area contributed by atoms with E-state index in [0.717, 1.165) is 17.0 Å². The molecule has 3 aromatic carbocycles. The number of benzene rings is 3. The van der Waals surface area contributed by atoms with E-state index in [1.807, 2.05) is 0 Å². The highest BCUT2D eigenvalue weighted by atomic mass is 32.1. The summed E-state index contributed by atoms with van der Waals surface area (Å²) in [5.41, 5.74) is 3.18. The van der Waals surface area contributed by atoms with Gasteiger partial charge in [-0.15, -0.1) is 11.3 Å². The summed E-state index contributed by atoms with van der Waals surface area (Å²) in [6.45, 7) is 6.53. The molecule has 0 aliphatic carbocycles. The first-order chi connectivity index (χ1) is 13.0. The summed E-state index contributed by atoms with van der Waals surface area (Å²) >= 11 is 1.79. The van der Waals surface area contributed by atoms with Crippen molar-refractivity contribution in [3.05, 3.63) is 72.6 Å². The summed E-state index contributed by atoms with van der Waals surface area (Å²) in [5, 5.41) is 3.68. The Labute approximate surface area is 162 Å². The quantitative estimate of drug-likeness (QED) is 0.319. The third kappa shape index (κ3) is 2.62. The van der Waals surface area contributed by atoms with Crippen molar-refractivity contribution in [1.29, 1.82) is 0 Å². The maximum absolute atomic E-state index is 5.09. The summed E-state index contributed by atoms with van der Waals surface area (Å²) in [7, 11) is 0. The predicted molar refractivity (Wildman–Crippen MR) is 117 cm³/mol. The summed E-state index contributed by atoms with van der Waals surface area (Å²) in [6.07, 6.45) is 0. The standard InChI is InChI=1S/C24H20N2S/c1-24(2,3)23-25-20(17-13-8-10-15-9-4-5-11-16(15)17)22-21(26-23)18-12-6-7-14-19(18)27-22/h4-14H,1-3H3. The van der Waals surface area contributed by atoms with Gasteiger partial charge in [0.15, 0.2) is 0 Å². The van der Waals surface area contributed by atoms with Crippen LogP contribution in [0.5, 0.6) is 0 Å². The average molecular weight is 369 g/mol. The number of thiophene rings is 1. The third-order valence-electron chi connectivity index (χ3n) is 4.94. The Morgan fingerprint density at radius 3 is 2.26 bits per heavy atom. The van der Waals surface area contributed by atoms with Crippen molar-refractivity contribution in [2.24, 2.45) is 0 Å². The van der Waals surface area contributed by atoms with Crippen LogP contribution in [0.3, 0.4) is 0 Å². The van der Waals surface area contributed by atoms with E-state index in [0.29, 0.717) is 0 Å². The van der Waals surface area contributed by atoms with Gasteiger partial charge in [-0.25, -0.2) is 9.97 Å². The van der Waals surface area contributed by atoms with Gasteiger partial charge in [-0.2, -0.15) is 0 Å². The molecular weight excluding hydrogens is 348 g/mol. The maximum atomic E-state index is 5.09. The van der Waals surface area contributed by atoms with Crippen LogP contribution in [0.15, 0.2) is 66.7 Å². The van der Waals surface area contributed by atoms with Crippen LogP contribution in [0.2, 0.25) is 0 Å². The number of nitrogens with zero attached hydrogens (tertiary/aromatic N) is 2. The zero-order chi connectivity index (χ0) is 18.6. The fourth-order valence-electron chi connectivity index (χ4n) is 3.54. The second kappa shape index (κ2) is 5.86. The SMILES string of the molecule is CC(C)(C)c1nc(-c2cccc3ccccc23)c2sc3ccccc3c2n1. The van der Waals surface area contributed by atoms with E-state index in [2.05, 4.69) is 87.5 Å². The molecule has 5 rings (SSSR count). The highest BCUT2D eigenvalue weighted by Crippen LogP contribution is 2.40. The van der Waals surface area contributed by atoms with Gasteiger partial charge in [0.05, 0.1) is 15.9 Å². The first kappa shape index (κ1) is 16.4. The van der Waals surface area contributed by atoms with Crippen LogP contribution in [0.1, 0.15) is 26.6 Å². The van der Waals surface area contributed by atoms with Crippen molar-refractivity contribution in [3.8, 4) is 11.3 Å². The molecule has 0 fully saturated rings. The van der Waals surface area contributed by atoms with E-state index in [1.165, 1.54) is 31.1 Å². The van der Waals surface area contributed by atoms with Gasteiger partial charge in [0.25, 0.3) is 0 Å². The fourth-order valence-corrected chi connectivity index (χ4v) is 4.69. The first-order valence-electron chi connectivity index (χ1n) is 9.20. The van der Waals surface area contributed by atoms with Gasteiger partial charge in [0.1, 0.15) is 5.82 Å². The molecule has 0 aliphatic heterocycles. The van der Waals surface area contributed by atoms with Crippen LogP contribution in [0, 0.1) is 0 Å². The Hall–Kier alpha value is -2.78. The molecule has 0 bridgehead atoms. The molecule has 0 N–H and O–H groups in total.